The highest BCUT2D eigenvalue weighted by Gasteiger charge is 2.30. The summed E-state index contributed by atoms with van der Waals surface area (Å²) in [6.07, 6.45) is -3.20. The van der Waals surface area contributed by atoms with Gasteiger partial charge < -0.3 is 9.54 Å². The molecule has 0 aliphatic carbocycles. The minimum absolute atomic E-state index is 0.0729. The molecular formula is C9H6F3NO2S. The van der Waals surface area contributed by atoms with E-state index in [4.69, 9.17) is 4.55 Å². The van der Waals surface area contributed by atoms with Gasteiger partial charge in [-0.15, -0.1) is 0 Å². The summed E-state index contributed by atoms with van der Waals surface area (Å²) in [4.78, 5) is 2.60. The number of halogens is 3. The van der Waals surface area contributed by atoms with Crippen LogP contribution < -0.4 is 0 Å². The summed E-state index contributed by atoms with van der Waals surface area (Å²) in [5.74, 6) is 0. The van der Waals surface area contributed by atoms with E-state index in [-0.39, 0.29) is 10.4 Å². The number of alkyl halides is 3. The van der Waals surface area contributed by atoms with Crippen molar-refractivity contribution in [1.82, 2.24) is 4.98 Å². The van der Waals surface area contributed by atoms with Crippen molar-refractivity contribution in [2.24, 2.45) is 0 Å². The predicted molar refractivity (Wildman–Crippen MR) is 52.3 cm³/mol. The molecule has 1 unspecified atom stereocenters. The van der Waals surface area contributed by atoms with Gasteiger partial charge in [0, 0.05) is 17.1 Å². The molecule has 2 rings (SSSR count). The molecular weight excluding hydrogens is 243 g/mol. The van der Waals surface area contributed by atoms with Crippen molar-refractivity contribution in [2.45, 2.75) is 11.1 Å². The quantitative estimate of drug-likeness (QED) is 0.763. The number of rotatable bonds is 1. The Balaban J connectivity index is 2.62. The van der Waals surface area contributed by atoms with Gasteiger partial charge in [0.1, 0.15) is 0 Å². The number of H-pyrrole nitrogens is 1. The van der Waals surface area contributed by atoms with Crippen LogP contribution in [0.2, 0.25) is 0 Å². The smallest absolute Gasteiger partial charge is 0.360 e. The van der Waals surface area contributed by atoms with Crippen LogP contribution in [0.25, 0.3) is 10.9 Å². The maximum atomic E-state index is 12.4. The summed E-state index contributed by atoms with van der Waals surface area (Å²) in [6.45, 7) is 0. The molecule has 2 aromatic rings. The zero-order chi connectivity index (χ0) is 11.9. The standard InChI is InChI=1S/C9H6F3NO2S/c10-9(11,12)5-1-2-6-7(3-5)13-4-8(6)16(14)15/h1-4,13H,(H,14,15). The summed E-state index contributed by atoms with van der Waals surface area (Å²) in [5, 5.41) is 0.314. The number of fused-ring (bicyclic) bond motifs is 1. The molecule has 3 nitrogen and oxygen atoms in total. The van der Waals surface area contributed by atoms with Crippen molar-refractivity contribution >= 4 is 22.0 Å². The Labute approximate surface area is 90.6 Å². The molecule has 0 amide bonds. The maximum absolute atomic E-state index is 12.4. The van der Waals surface area contributed by atoms with E-state index in [9.17, 15) is 17.4 Å². The van der Waals surface area contributed by atoms with Gasteiger partial charge in [-0.05, 0) is 12.1 Å². The van der Waals surface area contributed by atoms with E-state index in [0.717, 1.165) is 12.1 Å². The van der Waals surface area contributed by atoms with Crippen LogP contribution in [0.4, 0.5) is 13.2 Å². The first-order valence-electron chi connectivity index (χ1n) is 4.19. The van der Waals surface area contributed by atoms with Gasteiger partial charge in [-0.2, -0.15) is 13.2 Å². The van der Waals surface area contributed by atoms with Crippen LogP contribution >= 0.6 is 0 Å². The van der Waals surface area contributed by atoms with Crippen molar-refractivity contribution in [3.63, 3.8) is 0 Å². The van der Waals surface area contributed by atoms with Crippen LogP contribution in [0.1, 0.15) is 5.56 Å². The van der Waals surface area contributed by atoms with Crippen LogP contribution in [0.5, 0.6) is 0 Å². The molecule has 0 aliphatic rings. The van der Waals surface area contributed by atoms with Gasteiger partial charge in [-0.1, -0.05) is 6.07 Å². The zero-order valence-corrected chi connectivity index (χ0v) is 8.52. The Morgan fingerprint density at radius 1 is 1.31 bits per heavy atom. The minimum Gasteiger partial charge on any atom is -0.360 e. The van der Waals surface area contributed by atoms with Crippen molar-refractivity contribution in [2.75, 3.05) is 0 Å². The number of nitrogens with one attached hydrogen (secondary N) is 1. The fraction of sp³-hybridized carbons (Fsp3) is 0.111. The second-order valence-electron chi connectivity index (χ2n) is 3.16. The molecule has 0 fully saturated rings. The summed E-state index contributed by atoms with van der Waals surface area (Å²) in [7, 11) is 0. The van der Waals surface area contributed by atoms with Gasteiger partial charge >= 0.3 is 6.18 Å². The van der Waals surface area contributed by atoms with E-state index >= 15 is 0 Å². The van der Waals surface area contributed by atoms with Gasteiger partial charge in [-0.3, -0.25) is 0 Å². The van der Waals surface area contributed by atoms with Crippen molar-refractivity contribution in [1.29, 1.82) is 0 Å². The molecule has 2 N–H and O–H groups in total. The molecule has 0 saturated carbocycles. The first kappa shape index (κ1) is 11.2. The second kappa shape index (κ2) is 3.60. The van der Waals surface area contributed by atoms with Gasteiger partial charge in [-0.25, -0.2) is 4.21 Å². The third-order valence-corrected chi connectivity index (χ3v) is 2.87. The van der Waals surface area contributed by atoms with E-state index in [0.29, 0.717) is 5.39 Å². The molecule has 1 heterocycles. The molecule has 0 radical (unpaired) electrons. The Hall–Kier alpha value is -1.34. The summed E-state index contributed by atoms with van der Waals surface area (Å²) in [5.41, 5.74) is -0.607. The Kier molecular flexibility index (Phi) is 2.51. The lowest BCUT2D eigenvalue weighted by molar-refractivity contribution is -0.137. The molecule has 0 spiro atoms. The maximum Gasteiger partial charge on any atom is 0.416 e. The molecule has 0 saturated heterocycles. The molecule has 1 aromatic carbocycles. The lowest BCUT2D eigenvalue weighted by Gasteiger charge is -2.05. The average molecular weight is 249 g/mol. The van der Waals surface area contributed by atoms with Crippen LogP contribution in [0.3, 0.4) is 0 Å². The zero-order valence-electron chi connectivity index (χ0n) is 7.71. The third kappa shape index (κ3) is 1.83. The molecule has 16 heavy (non-hydrogen) atoms. The second-order valence-corrected chi connectivity index (χ2v) is 4.10. The topological polar surface area (TPSA) is 53.1 Å². The Morgan fingerprint density at radius 2 is 2.00 bits per heavy atom. The molecule has 1 atom stereocenters. The fourth-order valence-corrected chi connectivity index (χ4v) is 1.95. The van der Waals surface area contributed by atoms with E-state index in [1.54, 1.807) is 0 Å². The molecule has 0 aliphatic heterocycles. The fourth-order valence-electron chi connectivity index (χ4n) is 1.42. The highest BCUT2D eigenvalue weighted by atomic mass is 32.2. The normalized spacial score (nSPS) is 14.2. The van der Waals surface area contributed by atoms with Crippen LogP contribution in [-0.2, 0) is 17.3 Å². The summed E-state index contributed by atoms with van der Waals surface area (Å²) >= 11 is -2.21. The first-order chi connectivity index (χ1) is 7.39. The van der Waals surface area contributed by atoms with Crippen LogP contribution in [0, 0.1) is 0 Å². The van der Waals surface area contributed by atoms with Gasteiger partial charge in [0.2, 0.25) is 0 Å². The Morgan fingerprint density at radius 3 is 2.56 bits per heavy atom. The SMILES string of the molecule is O=S(O)c1c[nH]c2cc(C(F)(F)F)ccc12. The van der Waals surface area contributed by atoms with E-state index in [2.05, 4.69) is 4.98 Å². The number of aromatic nitrogens is 1. The minimum atomic E-state index is -4.42. The largest absolute Gasteiger partial charge is 0.416 e. The van der Waals surface area contributed by atoms with Gasteiger partial charge in [0.05, 0.1) is 10.5 Å². The summed E-state index contributed by atoms with van der Waals surface area (Å²) < 4.78 is 56.8. The third-order valence-electron chi connectivity index (χ3n) is 2.16. The van der Waals surface area contributed by atoms with E-state index in [1.165, 1.54) is 12.3 Å². The lowest BCUT2D eigenvalue weighted by Crippen LogP contribution is -2.04. The number of hydrogen-bond donors (Lipinski definition) is 2. The van der Waals surface area contributed by atoms with E-state index in [1.807, 2.05) is 0 Å². The van der Waals surface area contributed by atoms with Crippen molar-refractivity contribution in [3.05, 3.63) is 30.0 Å². The average Bonchev–Trinajstić information content (AvgIpc) is 2.58. The van der Waals surface area contributed by atoms with Crippen molar-refractivity contribution in [3.8, 4) is 0 Å². The summed E-state index contributed by atoms with van der Waals surface area (Å²) in [6, 6.07) is 2.97. The first-order valence-corrected chi connectivity index (χ1v) is 5.29. The molecule has 1 aromatic heterocycles. The monoisotopic (exact) mass is 249 g/mol. The molecule has 0 bridgehead atoms. The van der Waals surface area contributed by atoms with Crippen LogP contribution in [0.15, 0.2) is 29.3 Å². The Bertz CT molecular complexity index is 561. The van der Waals surface area contributed by atoms with Gasteiger partial charge in [0.15, 0.2) is 11.1 Å². The molecule has 7 heteroatoms. The molecule has 86 valence electrons. The number of hydrogen-bond acceptors (Lipinski definition) is 1. The number of benzene rings is 1. The predicted octanol–water partition coefficient (Wildman–Crippen LogP) is 2.77. The number of aromatic amines is 1. The van der Waals surface area contributed by atoms with E-state index < -0.39 is 22.8 Å². The van der Waals surface area contributed by atoms with Crippen molar-refractivity contribution < 1.29 is 21.9 Å². The highest BCUT2D eigenvalue weighted by Crippen LogP contribution is 2.32. The highest BCUT2D eigenvalue weighted by molar-refractivity contribution is 7.79. The van der Waals surface area contributed by atoms with Crippen LogP contribution in [-0.4, -0.2) is 13.7 Å². The lowest BCUT2D eigenvalue weighted by atomic mass is 10.1. The van der Waals surface area contributed by atoms with Gasteiger partial charge in [0.25, 0.3) is 0 Å².